The van der Waals surface area contributed by atoms with Gasteiger partial charge in [-0.3, -0.25) is 0 Å². The highest BCUT2D eigenvalue weighted by Crippen LogP contribution is 2.29. The summed E-state index contributed by atoms with van der Waals surface area (Å²) in [4.78, 5) is 12.3. The van der Waals surface area contributed by atoms with E-state index in [1.165, 1.54) is 7.11 Å². The van der Waals surface area contributed by atoms with Crippen molar-refractivity contribution in [2.24, 2.45) is 0 Å². The Morgan fingerprint density at radius 3 is 2.44 bits per heavy atom. The van der Waals surface area contributed by atoms with Gasteiger partial charge in [-0.25, -0.2) is 4.79 Å². The highest BCUT2D eigenvalue weighted by atomic mass is 16.6. The van der Waals surface area contributed by atoms with Crippen LogP contribution in [0.5, 0.6) is 11.5 Å². The molecule has 0 heterocycles. The van der Waals surface area contributed by atoms with Gasteiger partial charge >= 0.3 is 5.97 Å². The highest BCUT2D eigenvalue weighted by Gasteiger charge is 2.21. The Balaban J connectivity index is 2.01. The third kappa shape index (κ3) is 5.22. The Morgan fingerprint density at radius 1 is 1.04 bits per heavy atom. The molecule has 0 saturated carbocycles. The molecule has 2 aromatic carbocycles. The summed E-state index contributed by atoms with van der Waals surface area (Å²) in [5.74, 6) is 0.866. The lowest BCUT2D eigenvalue weighted by Gasteiger charge is -2.15. The van der Waals surface area contributed by atoms with Gasteiger partial charge < -0.3 is 18.9 Å². The second-order valence-corrected chi connectivity index (χ2v) is 5.47. The van der Waals surface area contributed by atoms with Gasteiger partial charge in [-0.1, -0.05) is 43.3 Å². The van der Waals surface area contributed by atoms with Gasteiger partial charge in [-0.05, 0) is 29.7 Å². The number of esters is 1. The number of carbonyl (C=O) groups excluding carboxylic acids is 1. The molecule has 0 radical (unpaired) electrons. The van der Waals surface area contributed by atoms with E-state index >= 15 is 0 Å². The first kappa shape index (κ1) is 18.8. The van der Waals surface area contributed by atoms with Crippen molar-refractivity contribution in [3.63, 3.8) is 0 Å². The van der Waals surface area contributed by atoms with Crippen LogP contribution in [0.3, 0.4) is 0 Å². The van der Waals surface area contributed by atoms with Crippen LogP contribution in [-0.4, -0.2) is 26.8 Å². The minimum Gasteiger partial charge on any atom is -0.493 e. The van der Waals surface area contributed by atoms with Gasteiger partial charge in [0.1, 0.15) is 6.61 Å². The summed E-state index contributed by atoms with van der Waals surface area (Å²) in [6.07, 6.45) is 0.177. The van der Waals surface area contributed by atoms with Crippen molar-refractivity contribution in [1.82, 2.24) is 0 Å². The van der Waals surface area contributed by atoms with Crippen LogP contribution in [0.4, 0.5) is 0 Å². The molecule has 5 nitrogen and oxygen atoms in total. The van der Waals surface area contributed by atoms with Gasteiger partial charge in [0, 0.05) is 7.11 Å². The maximum atomic E-state index is 12.3. The summed E-state index contributed by atoms with van der Waals surface area (Å²) in [5.41, 5.74) is 1.58. The zero-order valence-electron chi connectivity index (χ0n) is 14.9. The highest BCUT2D eigenvalue weighted by molar-refractivity contribution is 5.76. The first-order chi connectivity index (χ1) is 12.2. The zero-order valence-corrected chi connectivity index (χ0v) is 14.9. The second-order valence-electron chi connectivity index (χ2n) is 5.47. The van der Waals surface area contributed by atoms with Crippen molar-refractivity contribution < 1.29 is 23.7 Å². The molecule has 0 saturated heterocycles. The quantitative estimate of drug-likeness (QED) is 0.646. The van der Waals surface area contributed by atoms with E-state index in [1.54, 1.807) is 7.11 Å². The second kappa shape index (κ2) is 9.69. The van der Waals surface area contributed by atoms with Crippen molar-refractivity contribution in [2.45, 2.75) is 26.1 Å². The normalized spacial score (nSPS) is 11.6. The van der Waals surface area contributed by atoms with Crippen molar-refractivity contribution in [2.75, 3.05) is 20.8 Å². The molecule has 0 N–H and O–H groups in total. The van der Waals surface area contributed by atoms with Gasteiger partial charge in [0.05, 0.1) is 13.7 Å². The molecule has 0 aliphatic heterocycles. The molecule has 0 spiro atoms. The largest absolute Gasteiger partial charge is 0.493 e. The molecule has 0 fully saturated rings. The Kier molecular flexibility index (Phi) is 7.29. The average Bonchev–Trinajstić information content (AvgIpc) is 2.66. The molecule has 2 rings (SSSR count). The molecule has 0 bridgehead atoms. The van der Waals surface area contributed by atoms with E-state index in [9.17, 15) is 4.79 Å². The summed E-state index contributed by atoms with van der Waals surface area (Å²) in [5, 5.41) is 0. The number of ether oxygens (including phenoxy) is 4. The molecule has 1 atom stereocenters. The Hall–Kier alpha value is -2.53. The van der Waals surface area contributed by atoms with Crippen LogP contribution in [0, 0.1) is 0 Å². The minimum atomic E-state index is -0.741. The molecule has 2 aromatic rings. The van der Waals surface area contributed by atoms with Gasteiger partial charge in [0.25, 0.3) is 0 Å². The third-order valence-corrected chi connectivity index (χ3v) is 3.62. The summed E-state index contributed by atoms with van der Waals surface area (Å²) in [6, 6.07) is 14.7. The topological polar surface area (TPSA) is 54.0 Å². The third-order valence-electron chi connectivity index (χ3n) is 3.62. The van der Waals surface area contributed by atoms with Crippen LogP contribution >= 0.6 is 0 Å². The van der Waals surface area contributed by atoms with Crippen molar-refractivity contribution in [1.29, 1.82) is 0 Å². The first-order valence-corrected chi connectivity index (χ1v) is 8.23. The van der Waals surface area contributed by atoms with Gasteiger partial charge in [-0.2, -0.15) is 0 Å². The molecular formula is C20H24O5. The van der Waals surface area contributed by atoms with Crippen LogP contribution in [0.1, 0.15) is 30.6 Å². The molecule has 25 heavy (non-hydrogen) atoms. The Bertz CT molecular complexity index is 669. The van der Waals surface area contributed by atoms with Crippen LogP contribution in [0.2, 0.25) is 0 Å². The predicted molar refractivity (Wildman–Crippen MR) is 94.8 cm³/mol. The van der Waals surface area contributed by atoms with E-state index in [-0.39, 0.29) is 6.61 Å². The molecule has 5 heteroatoms. The fraction of sp³-hybridized carbons (Fsp3) is 0.350. The van der Waals surface area contributed by atoms with E-state index in [0.29, 0.717) is 18.1 Å². The lowest BCUT2D eigenvalue weighted by molar-refractivity contribution is -0.157. The summed E-state index contributed by atoms with van der Waals surface area (Å²) in [6.45, 7) is 2.80. The van der Waals surface area contributed by atoms with E-state index in [1.807, 2.05) is 55.5 Å². The summed E-state index contributed by atoms with van der Waals surface area (Å²) in [7, 11) is 3.07. The Morgan fingerprint density at radius 2 is 1.80 bits per heavy atom. The lowest BCUT2D eigenvalue weighted by atomic mass is 10.1. The van der Waals surface area contributed by atoms with E-state index in [4.69, 9.17) is 18.9 Å². The molecule has 0 amide bonds. The predicted octanol–water partition coefficient (Wildman–Crippen LogP) is 3.91. The SMILES string of the molecule is CCCOc1ccc(COC(=O)C(OC)c2ccccc2)cc1OC. The average molecular weight is 344 g/mol. The molecule has 0 aromatic heterocycles. The van der Waals surface area contributed by atoms with Crippen LogP contribution in [-0.2, 0) is 20.9 Å². The van der Waals surface area contributed by atoms with E-state index in [2.05, 4.69) is 0 Å². The number of hydrogen-bond donors (Lipinski definition) is 0. The number of hydrogen-bond acceptors (Lipinski definition) is 5. The molecule has 1 unspecified atom stereocenters. The monoisotopic (exact) mass is 344 g/mol. The standard InChI is InChI=1S/C20H24O5/c1-4-12-24-17-11-10-15(13-18(17)22-2)14-25-20(21)19(23-3)16-8-6-5-7-9-16/h5-11,13,19H,4,12,14H2,1-3H3. The smallest absolute Gasteiger partial charge is 0.340 e. The molecular weight excluding hydrogens is 320 g/mol. The maximum Gasteiger partial charge on any atom is 0.340 e. The number of methoxy groups -OCH3 is 2. The Labute approximate surface area is 148 Å². The number of rotatable bonds is 9. The summed E-state index contributed by atoms with van der Waals surface area (Å²) >= 11 is 0. The number of carbonyl (C=O) groups is 1. The lowest BCUT2D eigenvalue weighted by Crippen LogP contribution is -2.17. The van der Waals surface area contributed by atoms with Crippen molar-refractivity contribution in [3.8, 4) is 11.5 Å². The van der Waals surface area contributed by atoms with Gasteiger partial charge in [0.15, 0.2) is 17.6 Å². The first-order valence-electron chi connectivity index (χ1n) is 8.23. The van der Waals surface area contributed by atoms with Crippen LogP contribution in [0.15, 0.2) is 48.5 Å². The fourth-order valence-corrected chi connectivity index (χ4v) is 2.36. The van der Waals surface area contributed by atoms with Crippen molar-refractivity contribution in [3.05, 3.63) is 59.7 Å². The van der Waals surface area contributed by atoms with Gasteiger partial charge in [-0.15, -0.1) is 0 Å². The number of benzene rings is 2. The summed E-state index contributed by atoms with van der Waals surface area (Å²) < 4.78 is 21.6. The zero-order chi connectivity index (χ0) is 18.1. The van der Waals surface area contributed by atoms with Crippen LogP contribution in [0.25, 0.3) is 0 Å². The fourth-order valence-electron chi connectivity index (χ4n) is 2.36. The van der Waals surface area contributed by atoms with Gasteiger partial charge in [0.2, 0.25) is 0 Å². The minimum absolute atomic E-state index is 0.135. The maximum absolute atomic E-state index is 12.3. The molecule has 0 aliphatic rings. The van der Waals surface area contributed by atoms with Crippen LogP contribution < -0.4 is 9.47 Å². The van der Waals surface area contributed by atoms with Crippen molar-refractivity contribution >= 4 is 5.97 Å². The molecule has 134 valence electrons. The van der Waals surface area contributed by atoms with E-state index in [0.717, 1.165) is 17.5 Å². The van der Waals surface area contributed by atoms with E-state index < -0.39 is 12.1 Å². The molecule has 0 aliphatic carbocycles.